The van der Waals surface area contributed by atoms with E-state index in [1.54, 1.807) is 12.3 Å². The van der Waals surface area contributed by atoms with Gasteiger partial charge in [-0.2, -0.15) is 0 Å². The van der Waals surface area contributed by atoms with E-state index >= 15 is 0 Å². The Morgan fingerprint density at radius 2 is 2.27 bits per heavy atom. The number of furan rings is 1. The first kappa shape index (κ1) is 9.93. The lowest BCUT2D eigenvalue weighted by molar-refractivity contribution is 0.0992. The van der Waals surface area contributed by atoms with Crippen LogP contribution in [0.3, 0.4) is 0 Å². The van der Waals surface area contributed by atoms with E-state index in [1.807, 2.05) is 25.1 Å². The summed E-state index contributed by atoms with van der Waals surface area (Å²) in [7, 11) is 0. The van der Waals surface area contributed by atoms with Gasteiger partial charge in [0.15, 0.2) is 5.78 Å². The van der Waals surface area contributed by atoms with Crippen molar-refractivity contribution >= 4 is 16.8 Å². The van der Waals surface area contributed by atoms with E-state index in [0.717, 1.165) is 23.1 Å². The Morgan fingerprint density at radius 1 is 1.40 bits per heavy atom. The molecule has 0 fully saturated rings. The number of benzene rings is 1. The summed E-state index contributed by atoms with van der Waals surface area (Å²) in [5.41, 5.74) is 1.54. The van der Waals surface area contributed by atoms with Gasteiger partial charge in [0.25, 0.3) is 0 Å². The summed E-state index contributed by atoms with van der Waals surface area (Å²) in [6, 6.07) is 7.35. The van der Waals surface area contributed by atoms with Crippen LogP contribution in [-0.4, -0.2) is 18.9 Å². The normalized spacial score (nSPS) is 10.7. The van der Waals surface area contributed by atoms with Crippen molar-refractivity contribution in [1.82, 2.24) is 5.32 Å². The third kappa shape index (κ3) is 2.07. The SMILES string of the molecule is CCNCC(=O)c1ccc2occc2c1. The van der Waals surface area contributed by atoms with Crippen LogP contribution in [0.2, 0.25) is 0 Å². The molecule has 0 saturated carbocycles. The lowest BCUT2D eigenvalue weighted by Gasteiger charge is -2.01. The minimum Gasteiger partial charge on any atom is -0.464 e. The van der Waals surface area contributed by atoms with Gasteiger partial charge >= 0.3 is 0 Å². The summed E-state index contributed by atoms with van der Waals surface area (Å²) in [6.07, 6.45) is 1.63. The van der Waals surface area contributed by atoms with Gasteiger partial charge in [-0.25, -0.2) is 0 Å². The molecule has 1 aromatic heterocycles. The number of carbonyl (C=O) groups is 1. The number of Topliss-reactive ketones (excluding diaryl/α,β-unsaturated/α-hetero) is 1. The Balaban J connectivity index is 2.23. The summed E-state index contributed by atoms with van der Waals surface area (Å²) < 4.78 is 5.21. The van der Waals surface area contributed by atoms with Crippen LogP contribution in [0.1, 0.15) is 17.3 Å². The van der Waals surface area contributed by atoms with Crippen LogP contribution in [-0.2, 0) is 0 Å². The molecule has 1 aromatic carbocycles. The first-order chi connectivity index (χ1) is 7.31. The molecular weight excluding hydrogens is 190 g/mol. The monoisotopic (exact) mass is 203 g/mol. The Kier molecular flexibility index (Phi) is 2.83. The van der Waals surface area contributed by atoms with E-state index in [1.165, 1.54) is 0 Å². The van der Waals surface area contributed by atoms with Crippen LogP contribution in [0.4, 0.5) is 0 Å². The Morgan fingerprint density at radius 3 is 3.07 bits per heavy atom. The van der Waals surface area contributed by atoms with Crippen molar-refractivity contribution in [3.05, 3.63) is 36.1 Å². The highest BCUT2D eigenvalue weighted by atomic mass is 16.3. The van der Waals surface area contributed by atoms with Gasteiger partial charge in [-0.15, -0.1) is 0 Å². The molecule has 0 aliphatic carbocycles. The van der Waals surface area contributed by atoms with E-state index in [9.17, 15) is 4.79 Å². The van der Waals surface area contributed by atoms with Crippen molar-refractivity contribution in [2.45, 2.75) is 6.92 Å². The zero-order valence-corrected chi connectivity index (χ0v) is 8.62. The molecule has 0 bridgehead atoms. The maximum absolute atomic E-state index is 11.7. The Bertz CT molecular complexity index is 473. The molecule has 0 spiro atoms. The van der Waals surface area contributed by atoms with Crippen LogP contribution in [0, 0.1) is 0 Å². The molecule has 2 rings (SSSR count). The fourth-order valence-corrected chi connectivity index (χ4v) is 1.48. The number of rotatable bonds is 4. The van der Waals surface area contributed by atoms with Crippen molar-refractivity contribution in [1.29, 1.82) is 0 Å². The molecule has 0 aliphatic rings. The van der Waals surface area contributed by atoms with Gasteiger partial charge in [-0.3, -0.25) is 4.79 Å². The molecule has 1 N–H and O–H groups in total. The smallest absolute Gasteiger partial charge is 0.176 e. The maximum atomic E-state index is 11.7. The van der Waals surface area contributed by atoms with Gasteiger partial charge in [0, 0.05) is 10.9 Å². The lowest BCUT2D eigenvalue weighted by Crippen LogP contribution is -2.22. The van der Waals surface area contributed by atoms with Crippen LogP contribution in [0.15, 0.2) is 34.9 Å². The summed E-state index contributed by atoms with van der Waals surface area (Å²) in [6.45, 7) is 3.17. The van der Waals surface area contributed by atoms with Crippen LogP contribution >= 0.6 is 0 Å². The molecule has 0 radical (unpaired) electrons. The van der Waals surface area contributed by atoms with Gasteiger partial charge in [0.05, 0.1) is 12.8 Å². The molecule has 1 heterocycles. The number of nitrogens with one attached hydrogen (secondary N) is 1. The average molecular weight is 203 g/mol. The van der Waals surface area contributed by atoms with E-state index in [-0.39, 0.29) is 5.78 Å². The fraction of sp³-hybridized carbons (Fsp3) is 0.250. The number of hydrogen-bond donors (Lipinski definition) is 1. The largest absolute Gasteiger partial charge is 0.464 e. The number of ketones is 1. The van der Waals surface area contributed by atoms with Gasteiger partial charge in [0.2, 0.25) is 0 Å². The van der Waals surface area contributed by atoms with Gasteiger partial charge in [0.1, 0.15) is 5.58 Å². The number of carbonyl (C=O) groups excluding carboxylic acids is 1. The highest BCUT2D eigenvalue weighted by Crippen LogP contribution is 2.16. The molecule has 2 aromatic rings. The molecule has 78 valence electrons. The molecule has 3 nitrogen and oxygen atoms in total. The third-order valence-electron chi connectivity index (χ3n) is 2.31. The zero-order chi connectivity index (χ0) is 10.7. The van der Waals surface area contributed by atoms with E-state index in [4.69, 9.17) is 4.42 Å². The predicted molar refractivity (Wildman–Crippen MR) is 59.1 cm³/mol. The number of hydrogen-bond acceptors (Lipinski definition) is 3. The van der Waals surface area contributed by atoms with Gasteiger partial charge in [-0.05, 0) is 30.8 Å². The van der Waals surface area contributed by atoms with Crippen LogP contribution < -0.4 is 5.32 Å². The minimum atomic E-state index is 0.111. The fourth-order valence-electron chi connectivity index (χ4n) is 1.48. The topological polar surface area (TPSA) is 42.2 Å². The van der Waals surface area contributed by atoms with Crippen molar-refractivity contribution in [3.63, 3.8) is 0 Å². The quantitative estimate of drug-likeness (QED) is 0.775. The first-order valence-electron chi connectivity index (χ1n) is 5.02. The van der Waals surface area contributed by atoms with Crippen molar-refractivity contribution < 1.29 is 9.21 Å². The van der Waals surface area contributed by atoms with Crippen LogP contribution in [0.25, 0.3) is 11.0 Å². The molecule has 0 saturated heterocycles. The van der Waals surface area contributed by atoms with Gasteiger partial charge in [-0.1, -0.05) is 6.92 Å². The molecule has 0 atom stereocenters. The van der Waals surface area contributed by atoms with Crippen molar-refractivity contribution in [3.8, 4) is 0 Å². The van der Waals surface area contributed by atoms with E-state index < -0.39 is 0 Å². The molecule has 0 amide bonds. The summed E-state index contributed by atoms with van der Waals surface area (Å²) in [5, 5.41) is 3.99. The molecule has 3 heteroatoms. The predicted octanol–water partition coefficient (Wildman–Crippen LogP) is 2.22. The van der Waals surface area contributed by atoms with Crippen LogP contribution in [0.5, 0.6) is 0 Å². The summed E-state index contributed by atoms with van der Waals surface area (Å²) >= 11 is 0. The highest BCUT2D eigenvalue weighted by molar-refractivity contribution is 6.00. The van der Waals surface area contributed by atoms with Gasteiger partial charge < -0.3 is 9.73 Å². The Hall–Kier alpha value is -1.61. The second-order valence-corrected chi connectivity index (χ2v) is 3.38. The zero-order valence-electron chi connectivity index (χ0n) is 8.62. The molecular formula is C12H13NO2. The minimum absolute atomic E-state index is 0.111. The second kappa shape index (κ2) is 4.28. The second-order valence-electron chi connectivity index (χ2n) is 3.38. The average Bonchev–Trinajstić information content (AvgIpc) is 2.72. The van der Waals surface area contributed by atoms with E-state index in [2.05, 4.69) is 5.32 Å². The molecule has 15 heavy (non-hydrogen) atoms. The van der Waals surface area contributed by atoms with Crippen molar-refractivity contribution in [2.24, 2.45) is 0 Å². The van der Waals surface area contributed by atoms with Crippen molar-refractivity contribution in [2.75, 3.05) is 13.1 Å². The number of fused-ring (bicyclic) bond motifs is 1. The third-order valence-corrected chi connectivity index (χ3v) is 2.31. The lowest BCUT2D eigenvalue weighted by atomic mass is 10.1. The molecule has 0 aliphatic heterocycles. The van der Waals surface area contributed by atoms with E-state index in [0.29, 0.717) is 6.54 Å². The number of likely N-dealkylation sites (N-methyl/N-ethyl adjacent to an activating group) is 1. The summed E-state index contributed by atoms with van der Waals surface area (Å²) in [4.78, 5) is 11.7. The Labute approximate surface area is 88.1 Å². The highest BCUT2D eigenvalue weighted by Gasteiger charge is 2.06. The molecule has 0 unspecified atom stereocenters. The first-order valence-corrected chi connectivity index (χ1v) is 5.02. The standard InChI is InChI=1S/C12H13NO2/c1-2-13-8-11(14)9-3-4-12-10(7-9)5-6-15-12/h3-7,13H,2,8H2,1H3. The summed E-state index contributed by atoms with van der Waals surface area (Å²) in [5.74, 6) is 0.111. The maximum Gasteiger partial charge on any atom is 0.176 e.